The number of fused-ring (bicyclic) bond motifs is 1. The van der Waals surface area contributed by atoms with Gasteiger partial charge < -0.3 is 45.8 Å². The van der Waals surface area contributed by atoms with E-state index in [0.29, 0.717) is 4.90 Å². The minimum atomic E-state index is -4.14. The number of aliphatic hydroxyl groups is 3. The largest absolute Gasteiger partial charge is 0.480 e. The first-order valence-corrected chi connectivity index (χ1v) is 10.5. The van der Waals surface area contributed by atoms with Gasteiger partial charge in [-0.3, -0.25) is 19.1 Å². The molecule has 1 aliphatic heterocycles. The van der Waals surface area contributed by atoms with E-state index in [2.05, 4.69) is 20.5 Å². The van der Waals surface area contributed by atoms with E-state index in [-0.39, 0.29) is 17.0 Å². The molecule has 18 nitrogen and oxygen atoms in total. The number of ether oxygens (including phenoxy) is 1. The van der Waals surface area contributed by atoms with Gasteiger partial charge in [0.05, 0.1) is 19.4 Å². The van der Waals surface area contributed by atoms with Crippen molar-refractivity contribution in [3.05, 3.63) is 12.7 Å². The maximum Gasteiger partial charge on any atom is 0.397 e. The standard InChI is InChI=1S/C14H18N6O8.H4NO3P/c15-11-7-12(17-3-16-11)20(4-18-7)14-9(26)8(25)10(28-14)13(27)19(1-5(21)22)2-6(23)24;1-5(2,3)4/h3-4,8-10,13-14,25-27H,1-2H2,(H,21,22)(H,23,24)(H2,15,16,17);(H4,1,2,3,4)/t8-,9+,10-,13?,14+;/m0./s1. The molecule has 1 saturated heterocycles. The molecule has 0 bridgehead atoms. The number of hydrogen-bond donors (Lipinski definition) is 9. The first kappa shape index (κ1) is 26.5. The highest BCUT2D eigenvalue weighted by Crippen LogP contribution is 2.34. The van der Waals surface area contributed by atoms with Crippen molar-refractivity contribution in [1.82, 2.24) is 24.4 Å². The molecule has 11 N–H and O–H groups in total. The number of carboxylic acid groups (broad SMARTS) is 2. The number of aromatic nitrogens is 4. The second-order valence-electron chi connectivity index (χ2n) is 6.75. The average molecular weight is 495 g/mol. The predicted molar refractivity (Wildman–Crippen MR) is 105 cm³/mol. The molecule has 1 aliphatic rings. The second kappa shape index (κ2) is 10.4. The minimum Gasteiger partial charge on any atom is -0.480 e. The fourth-order valence-electron chi connectivity index (χ4n) is 3.02. The van der Waals surface area contributed by atoms with Gasteiger partial charge in [0.25, 0.3) is 0 Å². The van der Waals surface area contributed by atoms with Crippen molar-refractivity contribution in [2.24, 2.45) is 5.50 Å². The smallest absolute Gasteiger partial charge is 0.397 e. The first-order valence-electron chi connectivity index (χ1n) is 8.85. The lowest BCUT2D eigenvalue weighted by molar-refractivity contribution is -0.163. The van der Waals surface area contributed by atoms with Crippen LogP contribution in [-0.2, 0) is 18.9 Å². The van der Waals surface area contributed by atoms with E-state index in [1.807, 2.05) is 0 Å². The number of aliphatic hydroxyl groups excluding tert-OH is 3. The maximum atomic E-state index is 10.9. The van der Waals surface area contributed by atoms with Gasteiger partial charge in [-0.2, -0.15) is 0 Å². The molecule has 3 rings (SSSR count). The molecule has 0 amide bonds. The fourth-order valence-corrected chi connectivity index (χ4v) is 3.02. The van der Waals surface area contributed by atoms with Gasteiger partial charge in [-0.25, -0.2) is 25.0 Å². The van der Waals surface area contributed by atoms with E-state index in [1.54, 1.807) is 0 Å². The summed E-state index contributed by atoms with van der Waals surface area (Å²) in [4.78, 5) is 49.2. The van der Waals surface area contributed by atoms with Gasteiger partial charge in [0, 0.05) is 0 Å². The van der Waals surface area contributed by atoms with Gasteiger partial charge in [-0.05, 0) is 0 Å². The highest BCUT2D eigenvalue weighted by molar-refractivity contribution is 7.49. The van der Waals surface area contributed by atoms with Gasteiger partial charge in [-0.1, -0.05) is 0 Å². The van der Waals surface area contributed by atoms with E-state index in [4.69, 9.17) is 35.0 Å². The van der Waals surface area contributed by atoms with E-state index in [1.165, 1.54) is 17.2 Å². The topological polar surface area (TPSA) is 301 Å². The van der Waals surface area contributed by atoms with Gasteiger partial charge >= 0.3 is 19.7 Å². The Morgan fingerprint density at radius 3 is 2.21 bits per heavy atom. The number of hydrogen-bond acceptors (Lipinski definition) is 12. The van der Waals surface area contributed by atoms with Crippen LogP contribution in [0.5, 0.6) is 0 Å². The van der Waals surface area contributed by atoms with Crippen LogP contribution in [-0.4, -0.2) is 109 Å². The summed E-state index contributed by atoms with van der Waals surface area (Å²) in [5.74, 6) is -2.70. The molecule has 2 aromatic rings. The number of rotatable bonds is 7. The summed E-state index contributed by atoms with van der Waals surface area (Å²) in [5.41, 5.74) is 10.2. The van der Waals surface area contributed by atoms with Crippen molar-refractivity contribution in [2.75, 3.05) is 18.8 Å². The Labute approximate surface area is 183 Å². The Hall–Kier alpha value is -2.80. The summed E-state index contributed by atoms with van der Waals surface area (Å²) >= 11 is 0. The van der Waals surface area contributed by atoms with Crippen LogP contribution in [0.3, 0.4) is 0 Å². The highest BCUT2D eigenvalue weighted by Gasteiger charge is 2.49. The molecule has 1 unspecified atom stereocenters. The summed E-state index contributed by atoms with van der Waals surface area (Å²) in [6, 6.07) is 0. The Morgan fingerprint density at radius 2 is 1.70 bits per heavy atom. The maximum absolute atomic E-state index is 10.9. The van der Waals surface area contributed by atoms with Crippen LogP contribution >= 0.6 is 7.75 Å². The van der Waals surface area contributed by atoms with Crippen molar-refractivity contribution >= 4 is 36.7 Å². The Kier molecular flexibility index (Phi) is 8.36. The number of carbonyl (C=O) groups is 2. The van der Waals surface area contributed by atoms with Crippen molar-refractivity contribution in [1.29, 1.82) is 0 Å². The third kappa shape index (κ3) is 6.84. The molecule has 184 valence electrons. The zero-order valence-corrected chi connectivity index (χ0v) is 17.5. The zero-order valence-electron chi connectivity index (χ0n) is 16.6. The summed E-state index contributed by atoms with van der Waals surface area (Å²) in [6.45, 7) is -1.64. The molecule has 0 aromatic carbocycles. The zero-order chi connectivity index (χ0) is 25.1. The third-order valence-electron chi connectivity index (χ3n) is 4.28. The van der Waals surface area contributed by atoms with E-state index >= 15 is 0 Å². The lowest BCUT2D eigenvalue weighted by Crippen LogP contribution is -2.52. The molecule has 19 heteroatoms. The monoisotopic (exact) mass is 495 g/mol. The number of carboxylic acids is 2. The highest BCUT2D eigenvalue weighted by atomic mass is 31.2. The van der Waals surface area contributed by atoms with E-state index < -0.39 is 63.5 Å². The lowest BCUT2D eigenvalue weighted by atomic mass is 10.1. The van der Waals surface area contributed by atoms with E-state index in [9.17, 15) is 24.9 Å². The number of imidazole rings is 1. The van der Waals surface area contributed by atoms with Crippen LogP contribution in [0.2, 0.25) is 0 Å². The van der Waals surface area contributed by atoms with Crippen LogP contribution in [0.4, 0.5) is 5.82 Å². The number of nitrogens with zero attached hydrogens (tertiary/aromatic N) is 5. The van der Waals surface area contributed by atoms with Crippen LogP contribution < -0.4 is 11.2 Å². The summed E-state index contributed by atoms with van der Waals surface area (Å²) in [5, 5.41) is 48.9. The molecule has 2 aromatic heterocycles. The quantitative estimate of drug-likeness (QED) is 0.130. The average Bonchev–Trinajstić information content (AvgIpc) is 3.21. The Balaban J connectivity index is 0.000000696. The van der Waals surface area contributed by atoms with Crippen molar-refractivity contribution in [3.8, 4) is 0 Å². The molecule has 3 heterocycles. The van der Waals surface area contributed by atoms with Gasteiger partial charge in [-0.15, -0.1) is 0 Å². The van der Waals surface area contributed by atoms with Crippen LogP contribution in [0.25, 0.3) is 11.2 Å². The second-order valence-corrected chi connectivity index (χ2v) is 7.93. The summed E-state index contributed by atoms with van der Waals surface area (Å²) in [7, 11) is -4.14. The normalized spacial score (nSPS) is 23.8. The molecular formula is C14H22N7O11P. The first-order chi connectivity index (χ1) is 15.2. The lowest BCUT2D eigenvalue weighted by Gasteiger charge is -2.30. The number of aliphatic carboxylic acids is 2. The minimum absolute atomic E-state index is 0.0856. The predicted octanol–water partition coefficient (Wildman–Crippen LogP) is -4.14. The van der Waals surface area contributed by atoms with Gasteiger partial charge in [0.2, 0.25) is 0 Å². The van der Waals surface area contributed by atoms with Crippen molar-refractivity contribution in [3.63, 3.8) is 0 Å². The Bertz CT molecular complexity index is 1020. The fraction of sp³-hybridized carbons (Fsp3) is 0.500. The van der Waals surface area contributed by atoms with E-state index in [0.717, 1.165) is 0 Å². The molecule has 0 spiro atoms. The number of anilines is 1. The number of nitrogen functional groups attached to an aromatic ring is 1. The third-order valence-corrected chi connectivity index (χ3v) is 4.28. The van der Waals surface area contributed by atoms with Gasteiger partial charge in [0.1, 0.15) is 36.4 Å². The molecule has 33 heavy (non-hydrogen) atoms. The Morgan fingerprint density at radius 1 is 1.15 bits per heavy atom. The SMILES string of the molecule is NP(=O)(O)O.Nc1ncnc2c1ncn2[C@@H]1O[C@H](C(O)N(CC(=O)O)CC(=O)O)[C@@H](O)[C@H]1O. The summed E-state index contributed by atoms with van der Waals surface area (Å²) < 4.78 is 15.9. The molecule has 0 saturated carbocycles. The van der Waals surface area contributed by atoms with Gasteiger partial charge in [0.15, 0.2) is 17.7 Å². The number of nitrogens with two attached hydrogens (primary N) is 2. The molecular weight excluding hydrogens is 473 g/mol. The van der Waals surface area contributed by atoms with Crippen LogP contribution in [0, 0.1) is 0 Å². The summed E-state index contributed by atoms with van der Waals surface area (Å²) in [6.07, 6.45) is -5.36. The molecule has 0 radical (unpaired) electrons. The van der Waals surface area contributed by atoms with Crippen molar-refractivity contribution < 1.29 is 54.2 Å². The molecule has 5 atom stereocenters. The van der Waals surface area contributed by atoms with Crippen molar-refractivity contribution in [2.45, 2.75) is 30.8 Å². The molecule has 1 fully saturated rings. The van der Waals surface area contributed by atoms with Crippen LogP contribution in [0.15, 0.2) is 12.7 Å². The molecule has 0 aliphatic carbocycles. The van der Waals surface area contributed by atoms with Crippen LogP contribution in [0.1, 0.15) is 6.23 Å².